The molecule has 0 bridgehead atoms. The summed E-state index contributed by atoms with van der Waals surface area (Å²) in [5.41, 5.74) is -0.678. The van der Waals surface area contributed by atoms with Crippen molar-refractivity contribution in [3.63, 3.8) is 0 Å². The van der Waals surface area contributed by atoms with Gasteiger partial charge in [-0.3, -0.25) is 4.79 Å². The standard InChI is InChI=1S/C14H20O3S/c1-14(2,13(15)16)9-6-10-17-11-7-4-5-8-12(11)18-3/h4-5,7-8H,6,9-10H2,1-3H3,(H,15,16). The summed E-state index contributed by atoms with van der Waals surface area (Å²) in [5.74, 6) is 0.116. The minimum Gasteiger partial charge on any atom is -0.492 e. The summed E-state index contributed by atoms with van der Waals surface area (Å²) < 4.78 is 5.69. The third kappa shape index (κ3) is 4.26. The van der Waals surface area contributed by atoms with E-state index in [1.807, 2.05) is 30.5 Å². The topological polar surface area (TPSA) is 46.5 Å². The highest BCUT2D eigenvalue weighted by Crippen LogP contribution is 2.28. The number of carboxylic acids is 1. The van der Waals surface area contributed by atoms with Crippen LogP contribution in [0.2, 0.25) is 0 Å². The van der Waals surface area contributed by atoms with Crippen LogP contribution in [0.1, 0.15) is 26.7 Å². The first kappa shape index (κ1) is 14.9. The molecule has 3 nitrogen and oxygen atoms in total. The maximum Gasteiger partial charge on any atom is 0.309 e. The van der Waals surface area contributed by atoms with Crippen LogP contribution in [0.5, 0.6) is 5.75 Å². The highest BCUT2D eigenvalue weighted by atomic mass is 32.2. The molecule has 1 aromatic rings. The van der Waals surface area contributed by atoms with Crippen LogP contribution in [0, 0.1) is 5.41 Å². The molecular weight excluding hydrogens is 248 g/mol. The Bertz CT molecular complexity index is 402. The average Bonchev–Trinajstić information content (AvgIpc) is 2.35. The molecule has 0 saturated carbocycles. The van der Waals surface area contributed by atoms with E-state index in [1.165, 1.54) is 0 Å². The average molecular weight is 268 g/mol. The molecule has 0 radical (unpaired) electrons. The Hall–Kier alpha value is -1.16. The van der Waals surface area contributed by atoms with Gasteiger partial charge in [0.15, 0.2) is 0 Å². The number of hydrogen-bond donors (Lipinski definition) is 1. The van der Waals surface area contributed by atoms with Crippen LogP contribution in [-0.2, 0) is 4.79 Å². The molecule has 0 aliphatic carbocycles. The molecule has 18 heavy (non-hydrogen) atoms. The number of rotatable bonds is 7. The maximum atomic E-state index is 10.9. The van der Waals surface area contributed by atoms with E-state index < -0.39 is 11.4 Å². The smallest absolute Gasteiger partial charge is 0.309 e. The predicted octanol–water partition coefficient (Wildman–Crippen LogP) is 3.68. The first-order chi connectivity index (χ1) is 8.47. The molecule has 1 aromatic carbocycles. The summed E-state index contributed by atoms with van der Waals surface area (Å²) in [4.78, 5) is 12.0. The van der Waals surface area contributed by atoms with Gasteiger partial charge < -0.3 is 9.84 Å². The van der Waals surface area contributed by atoms with Gasteiger partial charge in [-0.1, -0.05) is 12.1 Å². The van der Waals surface area contributed by atoms with Crippen LogP contribution in [0.3, 0.4) is 0 Å². The van der Waals surface area contributed by atoms with Gasteiger partial charge in [0.1, 0.15) is 5.75 Å². The van der Waals surface area contributed by atoms with Crippen molar-refractivity contribution in [2.24, 2.45) is 5.41 Å². The molecule has 1 N–H and O–H groups in total. The Labute approximate surface area is 113 Å². The zero-order chi connectivity index (χ0) is 13.6. The number of carbonyl (C=O) groups is 1. The third-order valence-electron chi connectivity index (χ3n) is 2.85. The van der Waals surface area contributed by atoms with Crippen molar-refractivity contribution < 1.29 is 14.6 Å². The van der Waals surface area contributed by atoms with E-state index in [0.717, 1.165) is 17.1 Å². The first-order valence-electron chi connectivity index (χ1n) is 5.96. The van der Waals surface area contributed by atoms with Crippen LogP contribution in [-0.4, -0.2) is 23.9 Å². The maximum absolute atomic E-state index is 10.9. The van der Waals surface area contributed by atoms with Gasteiger partial charge in [0.25, 0.3) is 0 Å². The molecule has 0 spiro atoms. The second kappa shape index (κ2) is 6.69. The number of aliphatic carboxylic acids is 1. The van der Waals surface area contributed by atoms with Gasteiger partial charge in [-0.15, -0.1) is 11.8 Å². The van der Waals surface area contributed by atoms with Gasteiger partial charge in [-0.05, 0) is 45.1 Å². The number of hydrogen-bond acceptors (Lipinski definition) is 3. The molecule has 0 unspecified atom stereocenters. The molecule has 0 aliphatic rings. The molecule has 0 saturated heterocycles. The van der Waals surface area contributed by atoms with E-state index in [2.05, 4.69) is 0 Å². The fourth-order valence-electron chi connectivity index (χ4n) is 1.54. The van der Waals surface area contributed by atoms with Crippen molar-refractivity contribution in [2.45, 2.75) is 31.6 Å². The van der Waals surface area contributed by atoms with E-state index in [1.54, 1.807) is 25.6 Å². The Morgan fingerprint density at radius 3 is 2.67 bits per heavy atom. The monoisotopic (exact) mass is 268 g/mol. The molecular formula is C14H20O3S. The first-order valence-corrected chi connectivity index (χ1v) is 7.19. The second-order valence-corrected chi connectivity index (χ2v) is 5.64. The van der Waals surface area contributed by atoms with Crippen molar-refractivity contribution in [3.05, 3.63) is 24.3 Å². The van der Waals surface area contributed by atoms with Crippen molar-refractivity contribution in [1.82, 2.24) is 0 Å². The zero-order valence-electron chi connectivity index (χ0n) is 11.1. The number of thioether (sulfide) groups is 1. The fourth-order valence-corrected chi connectivity index (χ4v) is 2.08. The van der Waals surface area contributed by atoms with Gasteiger partial charge in [0.05, 0.1) is 12.0 Å². The Balaban J connectivity index is 2.41. The third-order valence-corrected chi connectivity index (χ3v) is 3.63. The highest BCUT2D eigenvalue weighted by molar-refractivity contribution is 7.98. The summed E-state index contributed by atoms with van der Waals surface area (Å²) in [6.07, 6.45) is 3.36. The lowest BCUT2D eigenvalue weighted by atomic mass is 9.88. The molecule has 0 heterocycles. The van der Waals surface area contributed by atoms with Gasteiger partial charge in [-0.25, -0.2) is 0 Å². The van der Waals surface area contributed by atoms with E-state index in [-0.39, 0.29) is 0 Å². The molecule has 0 aromatic heterocycles. The van der Waals surface area contributed by atoms with E-state index >= 15 is 0 Å². The number of para-hydroxylation sites is 1. The van der Waals surface area contributed by atoms with Gasteiger partial charge >= 0.3 is 5.97 Å². The summed E-state index contributed by atoms with van der Waals surface area (Å²) in [6.45, 7) is 4.03. The molecule has 0 amide bonds. The van der Waals surface area contributed by atoms with E-state index in [9.17, 15) is 4.79 Å². The minimum absolute atomic E-state index is 0.550. The lowest BCUT2D eigenvalue weighted by Gasteiger charge is -2.18. The number of benzene rings is 1. The molecule has 100 valence electrons. The van der Waals surface area contributed by atoms with E-state index in [0.29, 0.717) is 13.0 Å². The fraction of sp³-hybridized carbons (Fsp3) is 0.500. The summed E-state index contributed by atoms with van der Waals surface area (Å²) >= 11 is 1.64. The Morgan fingerprint density at radius 2 is 2.06 bits per heavy atom. The summed E-state index contributed by atoms with van der Waals surface area (Å²) in [7, 11) is 0. The molecule has 4 heteroatoms. The van der Waals surface area contributed by atoms with Crippen LogP contribution in [0.15, 0.2) is 29.2 Å². The largest absolute Gasteiger partial charge is 0.492 e. The van der Waals surface area contributed by atoms with Crippen LogP contribution in [0.4, 0.5) is 0 Å². The SMILES string of the molecule is CSc1ccccc1OCCCC(C)(C)C(=O)O. The Kier molecular flexibility index (Phi) is 5.54. The number of carboxylic acid groups (broad SMARTS) is 1. The normalized spacial score (nSPS) is 11.3. The van der Waals surface area contributed by atoms with Crippen LogP contribution >= 0.6 is 11.8 Å². The van der Waals surface area contributed by atoms with Crippen molar-refractivity contribution in [2.75, 3.05) is 12.9 Å². The van der Waals surface area contributed by atoms with Gasteiger partial charge in [0.2, 0.25) is 0 Å². The minimum atomic E-state index is -0.757. The highest BCUT2D eigenvalue weighted by Gasteiger charge is 2.26. The second-order valence-electron chi connectivity index (χ2n) is 4.79. The zero-order valence-corrected chi connectivity index (χ0v) is 11.9. The van der Waals surface area contributed by atoms with Crippen LogP contribution in [0.25, 0.3) is 0 Å². The van der Waals surface area contributed by atoms with Gasteiger partial charge in [-0.2, -0.15) is 0 Å². The van der Waals surface area contributed by atoms with Crippen molar-refractivity contribution in [1.29, 1.82) is 0 Å². The number of ether oxygens (including phenoxy) is 1. The quantitative estimate of drug-likeness (QED) is 0.605. The molecule has 0 fully saturated rings. The molecule has 0 atom stereocenters. The van der Waals surface area contributed by atoms with Gasteiger partial charge in [0, 0.05) is 4.90 Å². The predicted molar refractivity (Wildman–Crippen MR) is 74.4 cm³/mol. The van der Waals surface area contributed by atoms with Crippen molar-refractivity contribution in [3.8, 4) is 5.75 Å². The lowest BCUT2D eigenvalue weighted by molar-refractivity contribution is -0.147. The summed E-state index contributed by atoms with van der Waals surface area (Å²) in [6, 6.07) is 7.87. The van der Waals surface area contributed by atoms with E-state index in [4.69, 9.17) is 9.84 Å². The van der Waals surface area contributed by atoms with Crippen molar-refractivity contribution >= 4 is 17.7 Å². The van der Waals surface area contributed by atoms with Crippen LogP contribution < -0.4 is 4.74 Å². The lowest BCUT2D eigenvalue weighted by Crippen LogP contribution is -2.24. The molecule has 0 aliphatic heterocycles. The molecule has 1 rings (SSSR count). The summed E-state index contributed by atoms with van der Waals surface area (Å²) in [5, 5.41) is 9.00. The Morgan fingerprint density at radius 1 is 1.39 bits per heavy atom.